The molecule has 1 atom stereocenters. The first-order valence-corrected chi connectivity index (χ1v) is 7.01. The molecule has 0 bridgehead atoms. The van der Waals surface area contributed by atoms with Gasteiger partial charge in [0.15, 0.2) is 0 Å². The molecule has 1 unspecified atom stereocenters. The minimum absolute atomic E-state index is 0.168. The van der Waals surface area contributed by atoms with E-state index in [0.29, 0.717) is 0 Å². The minimum atomic E-state index is 0.168. The van der Waals surface area contributed by atoms with E-state index in [1.165, 1.54) is 5.56 Å². The summed E-state index contributed by atoms with van der Waals surface area (Å²) in [6.07, 6.45) is 2.76. The van der Waals surface area contributed by atoms with Gasteiger partial charge in [-0.3, -0.25) is 0 Å². The zero-order valence-electron chi connectivity index (χ0n) is 11.2. The van der Waals surface area contributed by atoms with E-state index in [9.17, 15) is 0 Å². The molecule has 0 spiro atoms. The molecule has 1 heterocycles. The highest BCUT2D eigenvalue weighted by molar-refractivity contribution is 7.99. The van der Waals surface area contributed by atoms with Crippen LogP contribution in [0, 0.1) is 0 Å². The number of rotatable bonds is 5. The molecule has 2 aromatic rings. The topological polar surface area (TPSA) is 48.1 Å². The standard InChI is InChI=1S/C15H18N2OS/c1-11(16)9-12-3-8-15(17-10-12)19-14-6-4-13(18-2)5-7-14/h3-8,10-11H,9,16H2,1-2H3. The van der Waals surface area contributed by atoms with Crippen molar-refractivity contribution in [3.63, 3.8) is 0 Å². The molecule has 0 amide bonds. The number of benzene rings is 1. The van der Waals surface area contributed by atoms with Gasteiger partial charge < -0.3 is 10.5 Å². The number of nitrogens with two attached hydrogens (primary N) is 1. The Kier molecular flexibility index (Phi) is 4.82. The summed E-state index contributed by atoms with van der Waals surface area (Å²) < 4.78 is 5.14. The second-order valence-corrected chi connectivity index (χ2v) is 5.56. The van der Waals surface area contributed by atoms with Gasteiger partial charge in [-0.25, -0.2) is 4.98 Å². The van der Waals surface area contributed by atoms with E-state index in [4.69, 9.17) is 10.5 Å². The average molecular weight is 274 g/mol. The predicted molar refractivity (Wildman–Crippen MR) is 78.7 cm³/mol. The summed E-state index contributed by atoms with van der Waals surface area (Å²) >= 11 is 1.64. The van der Waals surface area contributed by atoms with E-state index in [-0.39, 0.29) is 6.04 Å². The summed E-state index contributed by atoms with van der Waals surface area (Å²) in [4.78, 5) is 5.59. The van der Waals surface area contributed by atoms with Crippen LogP contribution in [0.3, 0.4) is 0 Å². The fraction of sp³-hybridized carbons (Fsp3) is 0.267. The highest BCUT2D eigenvalue weighted by atomic mass is 32.2. The number of aromatic nitrogens is 1. The average Bonchev–Trinajstić information content (AvgIpc) is 2.41. The number of nitrogens with zero attached hydrogens (tertiary/aromatic N) is 1. The van der Waals surface area contributed by atoms with E-state index in [2.05, 4.69) is 11.1 Å². The highest BCUT2D eigenvalue weighted by Gasteiger charge is 2.02. The van der Waals surface area contributed by atoms with Crippen LogP contribution in [0.5, 0.6) is 5.75 Å². The second kappa shape index (κ2) is 6.59. The fourth-order valence-electron chi connectivity index (χ4n) is 1.73. The van der Waals surface area contributed by atoms with Crippen LogP contribution < -0.4 is 10.5 Å². The third-order valence-corrected chi connectivity index (χ3v) is 3.60. The van der Waals surface area contributed by atoms with Crippen LogP contribution >= 0.6 is 11.8 Å². The van der Waals surface area contributed by atoms with Crippen molar-refractivity contribution in [2.24, 2.45) is 5.73 Å². The molecule has 2 rings (SSSR count). The lowest BCUT2D eigenvalue weighted by molar-refractivity contribution is 0.414. The van der Waals surface area contributed by atoms with Gasteiger partial charge in [0.1, 0.15) is 10.8 Å². The Morgan fingerprint density at radius 3 is 2.47 bits per heavy atom. The van der Waals surface area contributed by atoms with Crippen molar-refractivity contribution in [2.45, 2.75) is 29.3 Å². The molecule has 0 aliphatic carbocycles. The van der Waals surface area contributed by atoms with Crippen molar-refractivity contribution >= 4 is 11.8 Å². The van der Waals surface area contributed by atoms with Gasteiger partial charge in [-0.15, -0.1) is 0 Å². The molecular formula is C15H18N2OS. The Balaban J connectivity index is 2.02. The fourth-order valence-corrected chi connectivity index (χ4v) is 2.48. The van der Waals surface area contributed by atoms with Crippen LogP contribution in [-0.4, -0.2) is 18.1 Å². The van der Waals surface area contributed by atoms with E-state index in [1.54, 1.807) is 18.9 Å². The normalized spacial score (nSPS) is 12.2. The Bertz CT molecular complexity index is 509. The van der Waals surface area contributed by atoms with Crippen molar-refractivity contribution in [2.75, 3.05) is 7.11 Å². The van der Waals surface area contributed by atoms with E-state index in [1.807, 2.05) is 43.5 Å². The summed E-state index contributed by atoms with van der Waals surface area (Å²) in [5.74, 6) is 0.865. The Morgan fingerprint density at radius 1 is 1.21 bits per heavy atom. The molecule has 3 nitrogen and oxygen atoms in total. The molecule has 1 aromatic heterocycles. The predicted octanol–water partition coefficient (Wildman–Crippen LogP) is 3.13. The molecule has 0 aliphatic heterocycles. The van der Waals surface area contributed by atoms with Gasteiger partial charge in [0.2, 0.25) is 0 Å². The number of pyridine rings is 1. The van der Waals surface area contributed by atoms with Crippen LogP contribution in [0.1, 0.15) is 12.5 Å². The van der Waals surface area contributed by atoms with Gasteiger partial charge in [0.05, 0.1) is 7.11 Å². The molecule has 19 heavy (non-hydrogen) atoms. The molecule has 0 aliphatic rings. The largest absolute Gasteiger partial charge is 0.497 e. The summed E-state index contributed by atoms with van der Waals surface area (Å²) in [5, 5.41) is 0.985. The first-order valence-electron chi connectivity index (χ1n) is 6.20. The lowest BCUT2D eigenvalue weighted by atomic mass is 10.1. The van der Waals surface area contributed by atoms with E-state index >= 15 is 0 Å². The smallest absolute Gasteiger partial charge is 0.118 e. The van der Waals surface area contributed by atoms with Crippen LogP contribution in [0.2, 0.25) is 0 Å². The summed E-state index contributed by atoms with van der Waals surface area (Å²) in [7, 11) is 1.67. The number of methoxy groups -OCH3 is 1. The van der Waals surface area contributed by atoms with E-state index < -0.39 is 0 Å². The Morgan fingerprint density at radius 2 is 1.95 bits per heavy atom. The SMILES string of the molecule is COc1ccc(Sc2ccc(CC(C)N)cn2)cc1. The first kappa shape index (κ1) is 13.9. The minimum Gasteiger partial charge on any atom is -0.497 e. The summed E-state index contributed by atoms with van der Waals surface area (Å²) in [5.41, 5.74) is 6.94. The monoisotopic (exact) mass is 274 g/mol. The maximum atomic E-state index is 5.77. The molecule has 1 aromatic carbocycles. The van der Waals surface area contributed by atoms with Crippen molar-refractivity contribution in [3.05, 3.63) is 48.2 Å². The van der Waals surface area contributed by atoms with Crippen LogP contribution in [0.25, 0.3) is 0 Å². The Labute approximate surface area is 118 Å². The number of hydrogen-bond donors (Lipinski definition) is 1. The quantitative estimate of drug-likeness (QED) is 0.910. The summed E-state index contributed by atoms with van der Waals surface area (Å²) in [6, 6.07) is 12.2. The maximum absolute atomic E-state index is 5.77. The van der Waals surface area contributed by atoms with Gasteiger partial charge in [-0.2, -0.15) is 0 Å². The van der Waals surface area contributed by atoms with Crippen molar-refractivity contribution < 1.29 is 4.74 Å². The third-order valence-electron chi connectivity index (χ3n) is 2.64. The third kappa shape index (κ3) is 4.26. The van der Waals surface area contributed by atoms with Gasteiger partial charge in [-0.05, 0) is 49.2 Å². The van der Waals surface area contributed by atoms with Gasteiger partial charge in [0, 0.05) is 17.1 Å². The molecule has 2 N–H and O–H groups in total. The Hall–Kier alpha value is -1.52. The molecular weight excluding hydrogens is 256 g/mol. The molecule has 0 saturated heterocycles. The lowest BCUT2D eigenvalue weighted by Gasteiger charge is -2.06. The molecule has 4 heteroatoms. The van der Waals surface area contributed by atoms with Crippen LogP contribution in [0.4, 0.5) is 0 Å². The highest BCUT2D eigenvalue weighted by Crippen LogP contribution is 2.27. The lowest BCUT2D eigenvalue weighted by Crippen LogP contribution is -2.17. The molecule has 100 valence electrons. The van der Waals surface area contributed by atoms with E-state index in [0.717, 1.165) is 22.1 Å². The molecule has 0 radical (unpaired) electrons. The van der Waals surface area contributed by atoms with Crippen LogP contribution in [0.15, 0.2) is 52.5 Å². The maximum Gasteiger partial charge on any atom is 0.118 e. The van der Waals surface area contributed by atoms with Crippen molar-refractivity contribution in [1.82, 2.24) is 4.98 Å². The molecule has 0 saturated carbocycles. The van der Waals surface area contributed by atoms with Gasteiger partial charge >= 0.3 is 0 Å². The van der Waals surface area contributed by atoms with Crippen LogP contribution in [-0.2, 0) is 6.42 Å². The number of ether oxygens (including phenoxy) is 1. The van der Waals surface area contributed by atoms with Gasteiger partial charge in [-0.1, -0.05) is 17.8 Å². The summed E-state index contributed by atoms with van der Waals surface area (Å²) in [6.45, 7) is 2.00. The molecule has 0 fully saturated rings. The van der Waals surface area contributed by atoms with Crippen molar-refractivity contribution in [1.29, 1.82) is 0 Å². The van der Waals surface area contributed by atoms with Gasteiger partial charge in [0.25, 0.3) is 0 Å². The zero-order chi connectivity index (χ0) is 13.7. The van der Waals surface area contributed by atoms with Crippen molar-refractivity contribution in [3.8, 4) is 5.75 Å². The second-order valence-electron chi connectivity index (χ2n) is 4.46. The number of hydrogen-bond acceptors (Lipinski definition) is 4. The first-order chi connectivity index (χ1) is 9.17. The zero-order valence-corrected chi connectivity index (χ0v) is 12.0.